The molecule has 0 aliphatic rings. The molecule has 2 atom stereocenters. The molecule has 0 amide bonds. The maximum atomic E-state index is 10.7. The number of nitrogens with one attached hydrogen (secondary N) is 2. The van der Waals surface area contributed by atoms with E-state index in [1.807, 2.05) is 0 Å². The lowest BCUT2D eigenvalue weighted by atomic mass is 10.0. The first kappa shape index (κ1) is 25.9. The van der Waals surface area contributed by atoms with Crippen molar-refractivity contribution in [2.45, 2.75) is 24.9 Å². The zero-order chi connectivity index (χ0) is 26.2. The summed E-state index contributed by atoms with van der Waals surface area (Å²) in [4.78, 5) is 35.2. The maximum absolute atomic E-state index is 10.7. The van der Waals surface area contributed by atoms with Crippen molar-refractivity contribution in [1.82, 2.24) is 19.9 Å². The lowest BCUT2D eigenvalue weighted by Crippen LogP contribution is -2.32. The van der Waals surface area contributed by atoms with Crippen molar-refractivity contribution in [3.05, 3.63) is 72.3 Å². The molecule has 0 aliphatic heterocycles. The number of carboxylic acids is 2. The number of H-pyrrole nitrogens is 2. The summed E-state index contributed by atoms with van der Waals surface area (Å²) in [6.45, 7) is 0. The highest BCUT2D eigenvalue weighted by atomic mass is 16.4. The molecule has 0 saturated heterocycles. The van der Waals surface area contributed by atoms with Crippen LogP contribution in [0.5, 0.6) is 11.5 Å². The number of carboxylic acid groups (broad SMARTS) is 2. The topological polar surface area (TPSA) is 224 Å². The van der Waals surface area contributed by atoms with Crippen molar-refractivity contribution in [3.63, 3.8) is 0 Å². The Kier molecular flexibility index (Phi) is 8.39. The number of hydrogen-bond acceptors (Lipinski definition) is 8. The Labute approximate surface area is 205 Å². The number of phenolic OH excluding ortho intramolecular Hbond substituents is 2. The zero-order valence-corrected chi connectivity index (χ0v) is 19.0. The first-order valence-corrected chi connectivity index (χ1v) is 10.8. The van der Waals surface area contributed by atoms with Gasteiger partial charge in [0.2, 0.25) is 0 Å². The second kappa shape index (κ2) is 11.6. The Bertz CT molecular complexity index is 1210. The van der Waals surface area contributed by atoms with E-state index in [2.05, 4.69) is 19.9 Å². The summed E-state index contributed by atoms with van der Waals surface area (Å²) in [5.74, 6) is -0.892. The molecule has 0 bridgehead atoms. The summed E-state index contributed by atoms with van der Waals surface area (Å²) in [7, 11) is 0. The standard InChI is InChI=1S/2C12H13N3O3/c2*13-9(12(17)18)6-7-1-2-10(16)8(5-7)11-14-3-4-15-11/h2*1-5,9,16H,6,13H2,(H,14,15)(H,17,18). The molecular weight excluding hydrogens is 468 g/mol. The van der Waals surface area contributed by atoms with Gasteiger partial charge >= 0.3 is 11.9 Å². The molecule has 2 unspecified atom stereocenters. The molecule has 10 N–H and O–H groups in total. The van der Waals surface area contributed by atoms with Gasteiger partial charge in [0.25, 0.3) is 0 Å². The van der Waals surface area contributed by atoms with Crippen LogP contribution in [0.15, 0.2) is 61.2 Å². The summed E-state index contributed by atoms with van der Waals surface area (Å²) < 4.78 is 0. The minimum Gasteiger partial charge on any atom is -0.507 e. The van der Waals surface area contributed by atoms with Gasteiger partial charge in [-0.3, -0.25) is 9.59 Å². The molecular formula is C24H26N6O6. The van der Waals surface area contributed by atoms with E-state index >= 15 is 0 Å². The number of benzene rings is 2. The van der Waals surface area contributed by atoms with Crippen LogP contribution in [-0.4, -0.2) is 64.4 Å². The van der Waals surface area contributed by atoms with Crippen LogP contribution in [-0.2, 0) is 22.4 Å². The first-order valence-electron chi connectivity index (χ1n) is 10.8. The summed E-state index contributed by atoms with van der Waals surface area (Å²) in [5, 5.41) is 37.0. The van der Waals surface area contributed by atoms with Gasteiger partial charge in [-0.2, -0.15) is 0 Å². The van der Waals surface area contributed by atoms with Crippen LogP contribution in [0.25, 0.3) is 22.8 Å². The van der Waals surface area contributed by atoms with E-state index in [1.165, 1.54) is 12.1 Å². The Morgan fingerprint density at radius 3 is 1.44 bits per heavy atom. The van der Waals surface area contributed by atoms with Crippen LogP contribution in [0.3, 0.4) is 0 Å². The lowest BCUT2D eigenvalue weighted by molar-refractivity contribution is -0.139. The van der Waals surface area contributed by atoms with Gasteiger partial charge in [0.1, 0.15) is 35.2 Å². The number of phenols is 2. The zero-order valence-electron chi connectivity index (χ0n) is 19.0. The predicted octanol–water partition coefficient (Wildman–Crippen LogP) is 1.47. The number of nitrogens with two attached hydrogens (primary N) is 2. The van der Waals surface area contributed by atoms with Crippen LogP contribution in [0, 0.1) is 0 Å². The molecule has 36 heavy (non-hydrogen) atoms. The van der Waals surface area contributed by atoms with Crippen LogP contribution < -0.4 is 11.5 Å². The third-order valence-electron chi connectivity index (χ3n) is 5.17. The fourth-order valence-corrected chi connectivity index (χ4v) is 3.31. The van der Waals surface area contributed by atoms with Gasteiger partial charge in [0, 0.05) is 24.8 Å². The smallest absolute Gasteiger partial charge is 0.320 e. The van der Waals surface area contributed by atoms with Crippen LogP contribution in [0.2, 0.25) is 0 Å². The Morgan fingerprint density at radius 2 is 1.14 bits per heavy atom. The number of rotatable bonds is 8. The molecule has 2 heterocycles. The number of aromatic hydroxyl groups is 2. The van der Waals surface area contributed by atoms with E-state index in [9.17, 15) is 19.8 Å². The molecule has 0 aliphatic carbocycles. The Balaban J connectivity index is 0.000000201. The van der Waals surface area contributed by atoms with E-state index in [0.717, 1.165) is 11.1 Å². The second-order valence-electron chi connectivity index (χ2n) is 7.88. The molecule has 4 rings (SSSR count). The van der Waals surface area contributed by atoms with Crippen molar-refractivity contribution >= 4 is 11.9 Å². The fourth-order valence-electron chi connectivity index (χ4n) is 3.31. The van der Waals surface area contributed by atoms with Gasteiger partial charge in [-0.25, -0.2) is 9.97 Å². The average molecular weight is 495 g/mol. The van der Waals surface area contributed by atoms with Crippen LogP contribution in [0.1, 0.15) is 11.1 Å². The molecule has 4 aromatic rings. The van der Waals surface area contributed by atoms with Gasteiger partial charge in [-0.05, 0) is 48.2 Å². The van der Waals surface area contributed by atoms with Gasteiger partial charge in [0.15, 0.2) is 0 Å². The predicted molar refractivity (Wildman–Crippen MR) is 130 cm³/mol. The third-order valence-corrected chi connectivity index (χ3v) is 5.17. The van der Waals surface area contributed by atoms with E-state index < -0.39 is 24.0 Å². The molecule has 188 valence electrons. The van der Waals surface area contributed by atoms with Gasteiger partial charge < -0.3 is 41.9 Å². The van der Waals surface area contributed by atoms with Crippen molar-refractivity contribution in [2.75, 3.05) is 0 Å². The lowest BCUT2D eigenvalue weighted by Gasteiger charge is -2.08. The minimum atomic E-state index is -1.05. The minimum absolute atomic E-state index is 0.0811. The highest BCUT2D eigenvalue weighted by molar-refractivity contribution is 5.74. The number of nitrogens with zero attached hydrogens (tertiary/aromatic N) is 2. The molecule has 12 heteroatoms. The van der Waals surface area contributed by atoms with Gasteiger partial charge in [-0.15, -0.1) is 0 Å². The molecule has 12 nitrogen and oxygen atoms in total. The molecule has 0 saturated carbocycles. The van der Waals surface area contributed by atoms with Crippen LogP contribution >= 0.6 is 0 Å². The van der Waals surface area contributed by atoms with E-state index in [1.54, 1.807) is 49.1 Å². The number of imidazole rings is 2. The van der Waals surface area contributed by atoms with Crippen molar-refractivity contribution in [3.8, 4) is 34.3 Å². The number of aliphatic carboxylic acids is 2. The average Bonchev–Trinajstić information content (AvgIpc) is 3.56. The normalized spacial score (nSPS) is 12.3. The summed E-state index contributed by atoms with van der Waals surface area (Å²) in [5.41, 5.74) is 13.4. The van der Waals surface area contributed by atoms with Crippen molar-refractivity contribution < 1.29 is 30.0 Å². The molecule has 0 spiro atoms. The summed E-state index contributed by atoms with van der Waals surface area (Å²) in [6.07, 6.45) is 6.83. The van der Waals surface area contributed by atoms with E-state index in [4.69, 9.17) is 21.7 Å². The first-order chi connectivity index (χ1) is 17.2. The highest BCUT2D eigenvalue weighted by Gasteiger charge is 2.15. The fraction of sp³-hybridized carbons (Fsp3) is 0.167. The molecule has 0 fully saturated rings. The van der Waals surface area contributed by atoms with E-state index in [0.29, 0.717) is 22.8 Å². The van der Waals surface area contributed by atoms with Crippen molar-refractivity contribution in [1.29, 1.82) is 0 Å². The second-order valence-corrected chi connectivity index (χ2v) is 7.88. The highest BCUT2D eigenvalue weighted by Crippen LogP contribution is 2.28. The number of carbonyl (C=O) groups is 2. The Morgan fingerprint density at radius 1 is 0.750 bits per heavy atom. The molecule has 2 aromatic carbocycles. The number of hydrogen-bond donors (Lipinski definition) is 8. The van der Waals surface area contributed by atoms with Crippen molar-refractivity contribution in [2.24, 2.45) is 11.5 Å². The molecule has 0 radical (unpaired) electrons. The number of aromatic amines is 2. The summed E-state index contributed by atoms with van der Waals surface area (Å²) in [6, 6.07) is 7.73. The van der Waals surface area contributed by atoms with Crippen LogP contribution in [0.4, 0.5) is 0 Å². The van der Waals surface area contributed by atoms with Gasteiger partial charge in [0.05, 0.1) is 11.1 Å². The quantitative estimate of drug-likeness (QED) is 0.176. The Hall–Kier alpha value is -4.68. The monoisotopic (exact) mass is 494 g/mol. The molecule has 2 aromatic heterocycles. The third kappa shape index (κ3) is 6.68. The maximum Gasteiger partial charge on any atom is 0.320 e. The van der Waals surface area contributed by atoms with E-state index in [-0.39, 0.29) is 24.3 Å². The van der Waals surface area contributed by atoms with Gasteiger partial charge in [-0.1, -0.05) is 12.1 Å². The largest absolute Gasteiger partial charge is 0.507 e. The number of aromatic nitrogens is 4. The SMILES string of the molecule is NC(Cc1ccc(O)c(-c2ncc[nH]2)c1)C(=O)O.NC(Cc1ccc(O)c(-c2ncc[nH]2)c1)C(=O)O. The summed E-state index contributed by atoms with van der Waals surface area (Å²) >= 11 is 0.